The molecule has 33 heavy (non-hydrogen) atoms. The minimum Gasteiger partial charge on any atom is -0.362 e. The summed E-state index contributed by atoms with van der Waals surface area (Å²) in [6.45, 7) is 6.07. The Morgan fingerprint density at radius 3 is 2.64 bits per heavy atom. The van der Waals surface area contributed by atoms with Gasteiger partial charge < -0.3 is 5.32 Å². The second kappa shape index (κ2) is 8.12. The van der Waals surface area contributed by atoms with E-state index in [0.29, 0.717) is 27.7 Å². The van der Waals surface area contributed by atoms with Gasteiger partial charge in [0.25, 0.3) is 5.91 Å². The van der Waals surface area contributed by atoms with Crippen LogP contribution >= 0.6 is 22.9 Å². The van der Waals surface area contributed by atoms with Crippen molar-refractivity contribution < 1.29 is 9.59 Å². The zero-order chi connectivity index (χ0) is 23.3. The van der Waals surface area contributed by atoms with E-state index in [9.17, 15) is 9.59 Å². The molecule has 5 nitrogen and oxygen atoms in total. The quantitative estimate of drug-likeness (QED) is 0.471. The molecule has 7 heteroatoms. The number of thiazole rings is 1. The first-order chi connectivity index (χ1) is 15.7. The zero-order valence-corrected chi connectivity index (χ0v) is 20.2. The molecule has 1 aliphatic heterocycles. The fourth-order valence-electron chi connectivity index (χ4n) is 4.85. The number of amides is 1. The Bertz CT molecular complexity index is 1340. The first-order valence-corrected chi connectivity index (χ1v) is 12.1. The van der Waals surface area contributed by atoms with Gasteiger partial charge in [0, 0.05) is 39.9 Å². The SMILES string of the molecule is CC1=C(C(=O)Nc2nc3ccccc3s2)C(c2ccccc2Cl)C2=C(CC(C)(C)CC2=O)N1. The van der Waals surface area contributed by atoms with Crippen molar-refractivity contribution in [3.05, 3.63) is 81.7 Å². The number of nitrogens with one attached hydrogen (secondary N) is 2. The van der Waals surface area contributed by atoms with Crippen molar-refractivity contribution in [1.82, 2.24) is 10.3 Å². The number of allylic oxidation sites excluding steroid dienone is 3. The van der Waals surface area contributed by atoms with Crippen molar-refractivity contribution in [1.29, 1.82) is 0 Å². The molecular weight excluding hydrogens is 454 g/mol. The summed E-state index contributed by atoms with van der Waals surface area (Å²) in [5.41, 5.74) is 4.20. The monoisotopic (exact) mass is 477 g/mol. The first-order valence-electron chi connectivity index (χ1n) is 10.9. The number of hydrogen-bond donors (Lipinski definition) is 2. The van der Waals surface area contributed by atoms with Crippen LogP contribution in [-0.2, 0) is 9.59 Å². The van der Waals surface area contributed by atoms with Gasteiger partial charge in [-0.2, -0.15) is 0 Å². The number of rotatable bonds is 3. The summed E-state index contributed by atoms with van der Waals surface area (Å²) < 4.78 is 0.998. The minimum atomic E-state index is -0.534. The van der Waals surface area contributed by atoms with Gasteiger partial charge >= 0.3 is 0 Å². The first kappa shape index (κ1) is 21.9. The zero-order valence-electron chi connectivity index (χ0n) is 18.7. The van der Waals surface area contributed by atoms with Crippen LogP contribution in [0, 0.1) is 5.41 Å². The lowest BCUT2D eigenvalue weighted by Crippen LogP contribution is -2.39. The van der Waals surface area contributed by atoms with Crippen LogP contribution in [0.3, 0.4) is 0 Å². The highest BCUT2D eigenvalue weighted by Gasteiger charge is 2.43. The molecule has 0 spiro atoms. The Morgan fingerprint density at radius 1 is 1.15 bits per heavy atom. The average molecular weight is 478 g/mol. The van der Waals surface area contributed by atoms with E-state index in [1.54, 1.807) is 6.07 Å². The average Bonchev–Trinajstić information content (AvgIpc) is 3.14. The van der Waals surface area contributed by atoms with Crippen molar-refractivity contribution in [2.24, 2.45) is 5.41 Å². The number of anilines is 1. The van der Waals surface area contributed by atoms with Crippen LogP contribution in [0.4, 0.5) is 5.13 Å². The second-order valence-corrected chi connectivity index (χ2v) is 10.8. The van der Waals surface area contributed by atoms with Crippen LogP contribution in [0.1, 0.15) is 45.1 Å². The summed E-state index contributed by atoms with van der Waals surface area (Å²) in [7, 11) is 0. The highest BCUT2D eigenvalue weighted by Crippen LogP contribution is 2.48. The predicted molar refractivity (Wildman–Crippen MR) is 133 cm³/mol. The standard InChI is InChI=1S/C26H24ClN3O2S/c1-14-21(24(32)30-25-29-17-10-6-7-11-20(17)33-25)22(15-8-4-5-9-16(15)27)23-18(28-14)12-26(2,3)13-19(23)31/h4-11,22,28H,12-13H2,1-3H3,(H,29,30,32). The van der Waals surface area contributed by atoms with E-state index in [2.05, 4.69) is 29.5 Å². The molecule has 0 radical (unpaired) electrons. The third-order valence-corrected chi connectivity index (χ3v) is 7.51. The maximum atomic E-state index is 13.6. The van der Waals surface area contributed by atoms with Gasteiger partial charge in [0.05, 0.1) is 10.2 Å². The lowest BCUT2D eigenvalue weighted by atomic mass is 9.68. The van der Waals surface area contributed by atoms with Gasteiger partial charge in [-0.3, -0.25) is 14.9 Å². The number of ketones is 1. The van der Waals surface area contributed by atoms with E-state index < -0.39 is 5.92 Å². The lowest BCUT2D eigenvalue weighted by Gasteiger charge is -2.39. The van der Waals surface area contributed by atoms with Gasteiger partial charge in [0.2, 0.25) is 0 Å². The number of hydrogen-bond acceptors (Lipinski definition) is 5. The van der Waals surface area contributed by atoms with E-state index in [-0.39, 0.29) is 17.1 Å². The van der Waals surface area contributed by atoms with Crippen molar-refractivity contribution in [2.75, 3.05) is 5.32 Å². The van der Waals surface area contributed by atoms with Crippen LogP contribution in [0.25, 0.3) is 10.2 Å². The molecule has 1 amide bonds. The van der Waals surface area contributed by atoms with Gasteiger partial charge in [-0.05, 0) is 42.5 Å². The number of halogens is 1. The number of nitrogens with zero attached hydrogens (tertiary/aromatic N) is 1. The highest BCUT2D eigenvalue weighted by atomic mass is 35.5. The van der Waals surface area contributed by atoms with E-state index in [1.807, 2.05) is 49.4 Å². The smallest absolute Gasteiger partial charge is 0.256 e. The summed E-state index contributed by atoms with van der Waals surface area (Å²) in [4.78, 5) is 31.6. The largest absolute Gasteiger partial charge is 0.362 e. The molecule has 0 saturated heterocycles. The normalized spacial score (nSPS) is 20.0. The topological polar surface area (TPSA) is 71.1 Å². The Morgan fingerprint density at radius 2 is 1.88 bits per heavy atom. The molecule has 2 aromatic carbocycles. The number of fused-ring (bicyclic) bond motifs is 1. The highest BCUT2D eigenvalue weighted by molar-refractivity contribution is 7.22. The number of aromatic nitrogens is 1. The number of benzene rings is 2. The van der Waals surface area contributed by atoms with E-state index in [1.165, 1.54) is 11.3 Å². The number of carbonyl (C=O) groups excluding carboxylic acids is 2. The molecule has 2 heterocycles. The Balaban J connectivity index is 1.59. The summed E-state index contributed by atoms with van der Waals surface area (Å²) in [6.07, 6.45) is 1.17. The number of carbonyl (C=O) groups is 2. The lowest BCUT2D eigenvalue weighted by molar-refractivity contribution is -0.118. The molecule has 1 atom stereocenters. The second-order valence-electron chi connectivity index (χ2n) is 9.39. The van der Waals surface area contributed by atoms with Crippen LogP contribution in [0.5, 0.6) is 0 Å². The third-order valence-electron chi connectivity index (χ3n) is 6.21. The maximum Gasteiger partial charge on any atom is 0.256 e. The third kappa shape index (κ3) is 3.98. The van der Waals surface area contributed by atoms with E-state index in [4.69, 9.17) is 11.6 Å². The van der Waals surface area contributed by atoms with Crippen LogP contribution < -0.4 is 10.6 Å². The van der Waals surface area contributed by atoms with Crippen molar-refractivity contribution in [3.8, 4) is 0 Å². The molecule has 168 valence electrons. The summed E-state index contributed by atoms with van der Waals surface area (Å²) >= 11 is 8.03. The van der Waals surface area contributed by atoms with E-state index >= 15 is 0 Å². The van der Waals surface area contributed by atoms with Gasteiger partial charge in [0.15, 0.2) is 10.9 Å². The molecule has 1 aliphatic carbocycles. The van der Waals surface area contributed by atoms with Crippen molar-refractivity contribution in [2.45, 2.75) is 39.5 Å². The minimum absolute atomic E-state index is 0.0523. The van der Waals surface area contributed by atoms with Gasteiger partial charge in [0.1, 0.15) is 0 Å². The Labute approximate surface area is 201 Å². The fraction of sp³-hybridized carbons (Fsp3) is 0.269. The van der Waals surface area contributed by atoms with Gasteiger partial charge in [-0.15, -0.1) is 0 Å². The summed E-state index contributed by atoms with van der Waals surface area (Å²) in [5, 5.41) is 7.41. The van der Waals surface area contributed by atoms with Gasteiger partial charge in [-0.25, -0.2) is 4.98 Å². The Hall–Kier alpha value is -2.96. The number of dihydropyridines is 1. The molecule has 0 bridgehead atoms. The summed E-state index contributed by atoms with van der Waals surface area (Å²) in [5.74, 6) is -0.766. The van der Waals surface area contributed by atoms with Crippen LogP contribution in [0.2, 0.25) is 5.02 Å². The predicted octanol–water partition coefficient (Wildman–Crippen LogP) is 6.19. The fourth-order valence-corrected chi connectivity index (χ4v) is 5.95. The molecule has 1 aromatic heterocycles. The molecule has 0 saturated carbocycles. The van der Waals surface area contributed by atoms with Crippen LogP contribution in [-0.4, -0.2) is 16.7 Å². The van der Waals surface area contributed by atoms with Crippen molar-refractivity contribution >= 4 is 50.0 Å². The molecule has 1 unspecified atom stereocenters. The van der Waals surface area contributed by atoms with Gasteiger partial charge in [-0.1, -0.05) is 67.1 Å². The number of para-hydroxylation sites is 1. The Kier molecular flexibility index (Phi) is 5.38. The molecule has 3 aromatic rings. The molecule has 5 rings (SSSR count). The molecule has 0 fully saturated rings. The molecule has 2 N–H and O–H groups in total. The summed E-state index contributed by atoms with van der Waals surface area (Å²) in [6, 6.07) is 15.2. The maximum absolute atomic E-state index is 13.6. The van der Waals surface area contributed by atoms with Crippen LogP contribution in [0.15, 0.2) is 71.1 Å². The van der Waals surface area contributed by atoms with E-state index in [0.717, 1.165) is 33.6 Å². The molecule has 2 aliphatic rings. The molecular formula is C26H24ClN3O2S. The number of Topliss-reactive ketones (excluding diaryl/α,β-unsaturated/α-hetero) is 1. The van der Waals surface area contributed by atoms with Crippen molar-refractivity contribution in [3.63, 3.8) is 0 Å².